The Morgan fingerprint density at radius 2 is 1.62 bits per heavy atom. The minimum Gasteiger partial charge on any atom is -0.481 e. The topological polar surface area (TPSA) is 57.6 Å². The summed E-state index contributed by atoms with van der Waals surface area (Å²) in [5, 5.41) is 8.88. The largest absolute Gasteiger partial charge is 0.481 e. The average molecular weight is 395 g/mol. The second-order valence-electron chi connectivity index (χ2n) is 4.42. The van der Waals surface area contributed by atoms with E-state index >= 15 is 0 Å². The Balaban J connectivity index is 2.33. The number of nitrogens with zero attached hydrogens (tertiary/aromatic N) is 1. The zero-order valence-electron chi connectivity index (χ0n) is 11.2. The van der Waals surface area contributed by atoms with E-state index in [1.807, 2.05) is 30.3 Å². The number of carboxylic acids is 1. The zero-order valence-corrected chi connectivity index (χ0v) is 13.4. The zero-order chi connectivity index (χ0) is 15.2. The molecule has 2 aromatic rings. The molecule has 2 aromatic carbocycles. The van der Waals surface area contributed by atoms with Crippen LogP contribution in [0, 0.1) is 3.57 Å². The molecule has 1 N–H and O–H groups in total. The second-order valence-corrected chi connectivity index (χ2v) is 5.58. The number of anilines is 1. The summed E-state index contributed by atoms with van der Waals surface area (Å²) in [6.07, 6.45) is -0.0932. The SMILES string of the molecule is O=C(O)CCN(C(=O)c1ccccc1I)c1ccccc1. The highest BCUT2D eigenvalue weighted by molar-refractivity contribution is 14.1. The first-order chi connectivity index (χ1) is 10.1. The molecule has 0 aromatic heterocycles. The molecule has 2 rings (SSSR count). The Morgan fingerprint density at radius 1 is 1.00 bits per heavy atom. The number of rotatable bonds is 5. The van der Waals surface area contributed by atoms with Gasteiger partial charge in [0.25, 0.3) is 5.91 Å². The fourth-order valence-electron chi connectivity index (χ4n) is 1.94. The van der Waals surface area contributed by atoms with Crippen molar-refractivity contribution in [1.82, 2.24) is 0 Å². The standard InChI is InChI=1S/C16H14INO3/c17-14-9-5-4-8-13(14)16(21)18(11-10-15(19)20)12-6-2-1-3-7-12/h1-9H,10-11H2,(H,19,20). The predicted molar refractivity (Wildman–Crippen MR) is 89.5 cm³/mol. The molecule has 0 saturated heterocycles. The first kappa shape index (κ1) is 15.5. The van der Waals surface area contributed by atoms with Crippen LogP contribution in [0.15, 0.2) is 54.6 Å². The molecule has 0 unspecified atom stereocenters. The molecule has 0 aliphatic rings. The van der Waals surface area contributed by atoms with Crippen molar-refractivity contribution in [3.8, 4) is 0 Å². The van der Waals surface area contributed by atoms with Crippen molar-refractivity contribution in [3.05, 3.63) is 63.7 Å². The lowest BCUT2D eigenvalue weighted by Crippen LogP contribution is -2.33. The number of halogens is 1. The first-order valence-electron chi connectivity index (χ1n) is 6.43. The molecule has 0 spiro atoms. The van der Waals surface area contributed by atoms with E-state index in [-0.39, 0.29) is 18.9 Å². The van der Waals surface area contributed by atoms with Crippen LogP contribution in [-0.2, 0) is 4.79 Å². The molecule has 4 nitrogen and oxygen atoms in total. The number of hydrogen-bond acceptors (Lipinski definition) is 2. The molecule has 21 heavy (non-hydrogen) atoms. The Bertz CT molecular complexity index is 643. The molecule has 0 radical (unpaired) electrons. The molecule has 0 bridgehead atoms. The fourth-order valence-corrected chi connectivity index (χ4v) is 2.56. The van der Waals surface area contributed by atoms with Crippen LogP contribution in [0.1, 0.15) is 16.8 Å². The summed E-state index contributed by atoms with van der Waals surface area (Å²) in [5.74, 6) is -1.11. The fraction of sp³-hybridized carbons (Fsp3) is 0.125. The van der Waals surface area contributed by atoms with Crippen LogP contribution in [0.4, 0.5) is 5.69 Å². The molecule has 0 aliphatic heterocycles. The van der Waals surface area contributed by atoms with Gasteiger partial charge in [-0.3, -0.25) is 9.59 Å². The van der Waals surface area contributed by atoms with Crippen molar-refractivity contribution < 1.29 is 14.7 Å². The van der Waals surface area contributed by atoms with Crippen molar-refractivity contribution in [2.24, 2.45) is 0 Å². The van der Waals surface area contributed by atoms with Crippen LogP contribution < -0.4 is 4.90 Å². The van der Waals surface area contributed by atoms with Gasteiger partial charge < -0.3 is 10.0 Å². The Labute approximate surface area is 136 Å². The lowest BCUT2D eigenvalue weighted by Gasteiger charge is -2.22. The number of amides is 1. The molecular weight excluding hydrogens is 381 g/mol. The maximum atomic E-state index is 12.7. The monoisotopic (exact) mass is 395 g/mol. The van der Waals surface area contributed by atoms with Gasteiger partial charge in [0.1, 0.15) is 0 Å². The van der Waals surface area contributed by atoms with Gasteiger partial charge in [-0.1, -0.05) is 30.3 Å². The minimum absolute atomic E-state index is 0.0932. The van der Waals surface area contributed by atoms with E-state index in [4.69, 9.17) is 5.11 Å². The summed E-state index contributed by atoms with van der Waals surface area (Å²) in [6, 6.07) is 16.4. The molecule has 5 heteroatoms. The molecule has 0 heterocycles. The molecule has 0 atom stereocenters. The van der Waals surface area contributed by atoms with Gasteiger partial charge in [0.2, 0.25) is 0 Å². The lowest BCUT2D eigenvalue weighted by molar-refractivity contribution is -0.136. The third kappa shape index (κ3) is 4.04. The summed E-state index contributed by atoms with van der Waals surface area (Å²) < 4.78 is 0.844. The lowest BCUT2D eigenvalue weighted by atomic mass is 10.1. The Morgan fingerprint density at radius 3 is 2.24 bits per heavy atom. The van der Waals surface area contributed by atoms with Gasteiger partial charge in [0.05, 0.1) is 12.0 Å². The molecule has 1 amide bonds. The summed E-state index contributed by atoms with van der Waals surface area (Å²) in [5.41, 5.74) is 1.27. The van der Waals surface area contributed by atoms with Crippen molar-refractivity contribution in [2.45, 2.75) is 6.42 Å². The highest BCUT2D eigenvalue weighted by atomic mass is 127. The van der Waals surface area contributed by atoms with Crippen LogP contribution >= 0.6 is 22.6 Å². The number of carbonyl (C=O) groups is 2. The highest BCUT2D eigenvalue weighted by Crippen LogP contribution is 2.20. The van der Waals surface area contributed by atoms with Gasteiger partial charge in [-0.15, -0.1) is 0 Å². The normalized spacial score (nSPS) is 10.1. The third-order valence-electron chi connectivity index (χ3n) is 2.97. The van der Waals surface area contributed by atoms with E-state index in [9.17, 15) is 9.59 Å². The molecule has 0 saturated carbocycles. The van der Waals surface area contributed by atoms with Crippen molar-refractivity contribution >= 4 is 40.2 Å². The van der Waals surface area contributed by atoms with Gasteiger partial charge >= 0.3 is 5.97 Å². The number of hydrogen-bond donors (Lipinski definition) is 1. The molecular formula is C16H14INO3. The van der Waals surface area contributed by atoms with Gasteiger partial charge in [0, 0.05) is 15.8 Å². The van der Waals surface area contributed by atoms with Gasteiger partial charge in [-0.2, -0.15) is 0 Å². The van der Waals surface area contributed by atoms with E-state index in [0.717, 1.165) is 3.57 Å². The van der Waals surface area contributed by atoms with Crippen LogP contribution in [0.3, 0.4) is 0 Å². The average Bonchev–Trinajstić information content (AvgIpc) is 2.48. The van der Waals surface area contributed by atoms with Crippen LogP contribution in [-0.4, -0.2) is 23.5 Å². The quantitative estimate of drug-likeness (QED) is 0.790. The predicted octanol–water partition coefficient (Wildman–Crippen LogP) is 3.41. The maximum absolute atomic E-state index is 12.7. The van der Waals surface area contributed by atoms with E-state index in [1.54, 1.807) is 24.3 Å². The molecule has 0 fully saturated rings. The van der Waals surface area contributed by atoms with Gasteiger partial charge in [-0.25, -0.2) is 0 Å². The number of carbonyl (C=O) groups excluding carboxylic acids is 1. The van der Waals surface area contributed by atoms with E-state index in [0.29, 0.717) is 11.3 Å². The second kappa shape index (κ2) is 7.21. The minimum atomic E-state index is -0.925. The van der Waals surface area contributed by atoms with Crippen molar-refractivity contribution in [1.29, 1.82) is 0 Å². The Kier molecular flexibility index (Phi) is 5.32. The summed E-state index contributed by atoms with van der Waals surface area (Å²) in [6.45, 7) is 0.142. The summed E-state index contributed by atoms with van der Waals surface area (Å²) in [4.78, 5) is 25.0. The molecule has 108 valence electrons. The summed E-state index contributed by atoms with van der Waals surface area (Å²) in [7, 11) is 0. The third-order valence-corrected chi connectivity index (χ3v) is 3.91. The van der Waals surface area contributed by atoms with Crippen molar-refractivity contribution in [2.75, 3.05) is 11.4 Å². The van der Waals surface area contributed by atoms with E-state index in [2.05, 4.69) is 22.6 Å². The maximum Gasteiger partial charge on any atom is 0.305 e. The van der Waals surface area contributed by atoms with Gasteiger partial charge in [-0.05, 0) is 46.9 Å². The van der Waals surface area contributed by atoms with Crippen LogP contribution in [0.5, 0.6) is 0 Å². The van der Waals surface area contributed by atoms with Crippen molar-refractivity contribution in [3.63, 3.8) is 0 Å². The number of aliphatic carboxylic acids is 1. The van der Waals surface area contributed by atoms with Crippen LogP contribution in [0.2, 0.25) is 0 Å². The summed E-state index contributed by atoms with van der Waals surface area (Å²) >= 11 is 2.11. The van der Waals surface area contributed by atoms with E-state index in [1.165, 1.54) is 4.90 Å². The first-order valence-corrected chi connectivity index (χ1v) is 7.50. The Hall–Kier alpha value is -1.89. The highest BCUT2D eigenvalue weighted by Gasteiger charge is 2.20. The number of para-hydroxylation sites is 1. The number of carboxylic acid groups (broad SMARTS) is 1. The van der Waals surface area contributed by atoms with E-state index < -0.39 is 5.97 Å². The molecule has 0 aliphatic carbocycles. The van der Waals surface area contributed by atoms with Gasteiger partial charge in [0.15, 0.2) is 0 Å². The van der Waals surface area contributed by atoms with Crippen LogP contribution in [0.25, 0.3) is 0 Å². The smallest absolute Gasteiger partial charge is 0.305 e. The number of benzene rings is 2.